The predicted molar refractivity (Wildman–Crippen MR) is 95.2 cm³/mol. The maximum Gasteiger partial charge on any atom is 0.336 e. The molecule has 8 heteroatoms. The van der Waals surface area contributed by atoms with Gasteiger partial charge in [0.25, 0.3) is 0 Å². The molecule has 6 nitrogen and oxygen atoms in total. The third-order valence-electron chi connectivity index (χ3n) is 3.70. The molecule has 0 unspecified atom stereocenters. The smallest absolute Gasteiger partial charge is 0.336 e. The number of rotatable bonds is 6. The molecule has 1 aromatic carbocycles. The number of methoxy groups -OCH3 is 1. The molecule has 1 saturated carbocycles. The van der Waals surface area contributed by atoms with Crippen molar-refractivity contribution in [3.63, 3.8) is 0 Å². The molecule has 1 aliphatic rings. The third-order valence-corrected chi connectivity index (χ3v) is 5.74. The van der Waals surface area contributed by atoms with E-state index in [9.17, 15) is 4.79 Å². The standard InChI is InChI=1S/C16H15N3O3S2/c1-21-11-4-5-12-9(6-14(20)22-13(12)7-11)8-23-16-19-18-15(24-16)17-10-2-3-10/h4-7,10H,2-3,8H2,1H3,(H,17,18). The van der Waals surface area contributed by atoms with Crippen LogP contribution in [-0.4, -0.2) is 23.3 Å². The van der Waals surface area contributed by atoms with Crippen LogP contribution in [0, 0.1) is 0 Å². The fourth-order valence-electron chi connectivity index (χ4n) is 2.32. The summed E-state index contributed by atoms with van der Waals surface area (Å²) in [7, 11) is 1.59. The number of nitrogens with one attached hydrogen (secondary N) is 1. The fraction of sp³-hybridized carbons (Fsp3) is 0.312. The zero-order chi connectivity index (χ0) is 16.5. The number of aromatic nitrogens is 2. The van der Waals surface area contributed by atoms with Crippen LogP contribution < -0.4 is 15.7 Å². The minimum atomic E-state index is -0.361. The van der Waals surface area contributed by atoms with Gasteiger partial charge < -0.3 is 14.5 Å². The number of benzene rings is 1. The van der Waals surface area contributed by atoms with Crippen LogP contribution in [-0.2, 0) is 5.75 Å². The summed E-state index contributed by atoms with van der Waals surface area (Å²) in [6, 6.07) is 7.60. The Hall–Kier alpha value is -2.06. The monoisotopic (exact) mass is 361 g/mol. The SMILES string of the molecule is COc1ccc2c(CSc3nnc(NC4CC4)s3)cc(=O)oc2c1. The van der Waals surface area contributed by atoms with Gasteiger partial charge in [0.15, 0.2) is 4.34 Å². The van der Waals surface area contributed by atoms with Crippen molar-refractivity contribution in [3.05, 3.63) is 40.2 Å². The van der Waals surface area contributed by atoms with Crippen LogP contribution in [0.1, 0.15) is 18.4 Å². The Morgan fingerprint density at radius 3 is 3.04 bits per heavy atom. The first-order valence-electron chi connectivity index (χ1n) is 7.55. The average Bonchev–Trinajstić information content (AvgIpc) is 3.28. The van der Waals surface area contributed by atoms with E-state index >= 15 is 0 Å². The molecule has 0 amide bonds. The summed E-state index contributed by atoms with van der Waals surface area (Å²) in [5.74, 6) is 1.29. The second-order valence-electron chi connectivity index (χ2n) is 5.53. The lowest BCUT2D eigenvalue weighted by molar-refractivity contribution is 0.414. The third kappa shape index (κ3) is 3.39. The van der Waals surface area contributed by atoms with Gasteiger partial charge in [-0.05, 0) is 30.5 Å². The van der Waals surface area contributed by atoms with Crippen molar-refractivity contribution in [2.75, 3.05) is 12.4 Å². The predicted octanol–water partition coefficient (Wildman–Crippen LogP) is 3.52. The Morgan fingerprint density at radius 2 is 2.25 bits per heavy atom. The topological polar surface area (TPSA) is 77.3 Å². The minimum Gasteiger partial charge on any atom is -0.497 e. The molecular weight excluding hydrogens is 346 g/mol. The van der Waals surface area contributed by atoms with E-state index < -0.39 is 0 Å². The number of thioether (sulfide) groups is 1. The molecule has 1 fully saturated rings. The van der Waals surface area contributed by atoms with Gasteiger partial charge >= 0.3 is 5.63 Å². The lowest BCUT2D eigenvalue weighted by Crippen LogP contribution is -2.00. The highest BCUT2D eigenvalue weighted by atomic mass is 32.2. The highest BCUT2D eigenvalue weighted by Gasteiger charge is 2.22. The highest BCUT2D eigenvalue weighted by Crippen LogP contribution is 2.33. The summed E-state index contributed by atoms with van der Waals surface area (Å²) in [4.78, 5) is 11.8. The molecule has 0 spiro atoms. The number of fused-ring (bicyclic) bond motifs is 1. The number of nitrogens with zero attached hydrogens (tertiary/aromatic N) is 2. The van der Waals surface area contributed by atoms with Gasteiger partial charge in [-0.2, -0.15) is 0 Å². The van der Waals surface area contributed by atoms with Crippen LogP contribution in [0.25, 0.3) is 11.0 Å². The molecular formula is C16H15N3O3S2. The zero-order valence-electron chi connectivity index (χ0n) is 12.9. The summed E-state index contributed by atoms with van der Waals surface area (Å²) in [5, 5.41) is 13.4. The van der Waals surface area contributed by atoms with Crippen LogP contribution >= 0.6 is 23.1 Å². The van der Waals surface area contributed by atoms with Gasteiger partial charge in [-0.25, -0.2) is 4.79 Å². The van der Waals surface area contributed by atoms with Crippen molar-refractivity contribution in [2.45, 2.75) is 29.0 Å². The fourth-order valence-corrected chi connectivity index (χ4v) is 4.14. The Labute approximate surface area is 146 Å². The van der Waals surface area contributed by atoms with E-state index in [4.69, 9.17) is 9.15 Å². The van der Waals surface area contributed by atoms with Crippen molar-refractivity contribution in [3.8, 4) is 5.75 Å². The minimum absolute atomic E-state index is 0.361. The Kier molecular flexibility index (Phi) is 4.15. The summed E-state index contributed by atoms with van der Waals surface area (Å²) in [5.41, 5.74) is 1.09. The van der Waals surface area contributed by atoms with Gasteiger partial charge in [0.2, 0.25) is 5.13 Å². The summed E-state index contributed by atoms with van der Waals surface area (Å²) < 4.78 is 11.3. The maximum atomic E-state index is 11.8. The Morgan fingerprint density at radius 1 is 1.38 bits per heavy atom. The highest BCUT2D eigenvalue weighted by molar-refractivity contribution is 8.00. The first kappa shape index (κ1) is 15.5. The summed E-state index contributed by atoms with van der Waals surface area (Å²) in [6.45, 7) is 0. The van der Waals surface area contributed by atoms with E-state index in [1.54, 1.807) is 36.3 Å². The van der Waals surface area contributed by atoms with Crippen LogP contribution in [0.2, 0.25) is 0 Å². The molecule has 1 aliphatic carbocycles. The molecule has 1 N–H and O–H groups in total. The lowest BCUT2D eigenvalue weighted by atomic mass is 10.1. The van der Waals surface area contributed by atoms with Gasteiger partial charge in [-0.15, -0.1) is 10.2 Å². The van der Waals surface area contributed by atoms with E-state index in [-0.39, 0.29) is 5.63 Å². The average molecular weight is 361 g/mol. The Bertz CT molecular complexity index is 934. The summed E-state index contributed by atoms with van der Waals surface area (Å²) >= 11 is 3.11. The molecule has 24 heavy (non-hydrogen) atoms. The molecule has 0 bridgehead atoms. The van der Waals surface area contributed by atoms with Crippen LogP contribution in [0.3, 0.4) is 0 Å². The Balaban J connectivity index is 1.55. The molecule has 0 saturated heterocycles. The first-order chi connectivity index (χ1) is 11.7. The number of hydrogen-bond acceptors (Lipinski definition) is 8. The number of ether oxygens (including phenoxy) is 1. The van der Waals surface area contributed by atoms with Crippen molar-refractivity contribution >= 4 is 39.2 Å². The molecule has 0 radical (unpaired) electrons. The van der Waals surface area contributed by atoms with Gasteiger partial charge in [0, 0.05) is 29.3 Å². The van der Waals surface area contributed by atoms with Crippen molar-refractivity contribution in [1.29, 1.82) is 0 Å². The molecule has 0 aliphatic heterocycles. The number of anilines is 1. The first-order valence-corrected chi connectivity index (χ1v) is 9.35. The van der Waals surface area contributed by atoms with E-state index in [0.717, 1.165) is 20.4 Å². The summed E-state index contributed by atoms with van der Waals surface area (Å²) in [6.07, 6.45) is 2.41. The molecule has 3 aromatic rings. The van der Waals surface area contributed by atoms with E-state index in [1.165, 1.54) is 18.9 Å². The van der Waals surface area contributed by atoms with Gasteiger partial charge in [-0.1, -0.05) is 23.1 Å². The van der Waals surface area contributed by atoms with Gasteiger partial charge in [0.05, 0.1) is 7.11 Å². The van der Waals surface area contributed by atoms with Crippen molar-refractivity contribution < 1.29 is 9.15 Å². The second-order valence-corrected chi connectivity index (χ2v) is 7.73. The lowest BCUT2D eigenvalue weighted by Gasteiger charge is -2.05. The van der Waals surface area contributed by atoms with Crippen LogP contribution in [0.15, 0.2) is 37.8 Å². The van der Waals surface area contributed by atoms with E-state index in [1.807, 2.05) is 12.1 Å². The molecule has 0 atom stereocenters. The van der Waals surface area contributed by atoms with E-state index in [2.05, 4.69) is 15.5 Å². The van der Waals surface area contributed by atoms with Crippen LogP contribution in [0.5, 0.6) is 5.75 Å². The largest absolute Gasteiger partial charge is 0.497 e. The number of hydrogen-bond donors (Lipinski definition) is 1. The molecule has 2 heterocycles. The van der Waals surface area contributed by atoms with Gasteiger partial charge in [-0.3, -0.25) is 0 Å². The van der Waals surface area contributed by atoms with Crippen molar-refractivity contribution in [1.82, 2.24) is 10.2 Å². The normalized spacial score (nSPS) is 14.0. The second kappa shape index (κ2) is 6.45. The molecule has 2 aromatic heterocycles. The molecule has 4 rings (SSSR count). The van der Waals surface area contributed by atoms with Crippen LogP contribution in [0.4, 0.5) is 5.13 Å². The zero-order valence-corrected chi connectivity index (χ0v) is 14.6. The molecule has 124 valence electrons. The van der Waals surface area contributed by atoms with Gasteiger partial charge in [0.1, 0.15) is 11.3 Å². The van der Waals surface area contributed by atoms with E-state index in [0.29, 0.717) is 23.1 Å². The maximum absolute atomic E-state index is 11.8. The van der Waals surface area contributed by atoms with Crippen molar-refractivity contribution in [2.24, 2.45) is 0 Å². The quantitative estimate of drug-likeness (QED) is 0.532.